The number of para-hydroxylation sites is 1. The number of pyridine rings is 1. The van der Waals surface area contributed by atoms with Crippen molar-refractivity contribution in [3.63, 3.8) is 0 Å². The highest BCUT2D eigenvalue weighted by molar-refractivity contribution is 5.95. The van der Waals surface area contributed by atoms with Crippen molar-refractivity contribution in [3.05, 3.63) is 60.7 Å². The van der Waals surface area contributed by atoms with Gasteiger partial charge in [0.25, 0.3) is 5.91 Å². The van der Waals surface area contributed by atoms with Gasteiger partial charge in [-0.15, -0.1) is 0 Å². The first-order valence-electron chi connectivity index (χ1n) is 8.58. The third kappa shape index (κ3) is 3.79. The lowest BCUT2D eigenvalue weighted by Gasteiger charge is -2.18. The predicted molar refractivity (Wildman–Crippen MR) is 101 cm³/mol. The molecule has 3 rings (SSSR count). The Morgan fingerprint density at radius 1 is 1.00 bits per heavy atom. The quantitative estimate of drug-likeness (QED) is 0.680. The number of amides is 1. The van der Waals surface area contributed by atoms with Gasteiger partial charge in [0.2, 0.25) is 5.88 Å². The summed E-state index contributed by atoms with van der Waals surface area (Å²) in [5.74, 6) is 0.444. The molecule has 0 aliphatic carbocycles. The highest BCUT2D eigenvalue weighted by Crippen LogP contribution is 2.30. The number of fused-ring (bicyclic) bond motifs is 1. The molecule has 0 fully saturated rings. The monoisotopic (exact) mass is 334 g/mol. The number of hydrogen-bond acceptors (Lipinski definition) is 3. The average Bonchev–Trinajstić information content (AvgIpc) is 2.67. The van der Waals surface area contributed by atoms with E-state index >= 15 is 0 Å². The first-order valence-corrected chi connectivity index (χ1v) is 8.58. The number of ether oxygens (including phenoxy) is 1. The summed E-state index contributed by atoms with van der Waals surface area (Å²) >= 11 is 0. The maximum atomic E-state index is 12.2. The molecule has 1 aromatic heterocycles. The predicted octanol–water partition coefficient (Wildman–Crippen LogP) is 4.15. The zero-order chi connectivity index (χ0) is 17.6. The summed E-state index contributed by atoms with van der Waals surface area (Å²) in [7, 11) is 0. The van der Waals surface area contributed by atoms with Gasteiger partial charge in [0.15, 0.2) is 6.61 Å². The molecular formula is C21H22N2O2. The number of aromatic nitrogens is 1. The molecular weight excluding hydrogens is 312 g/mol. The minimum absolute atomic E-state index is 0.00124. The molecule has 1 heterocycles. The summed E-state index contributed by atoms with van der Waals surface area (Å²) in [4.78, 5) is 18.5. The third-order valence-electron chi connectivity index (χ3n) is 4.24. The maximum absolute atomic E-state index is 12.2. The Labute approximate surface area is 148 Å². The zero-order valence-corrected chi connectivity index (χ0v) is 14.6. The van der Waals surface area contributed by atoms with Crippen molar-refractivity contribution in [2.75, 3.05) is 19.7 Å². The van der Waals surface area contributed by atoms with Crippen LogP contribution in [0.5, 0.6) is 5.88 Å². The normalized spacial score (nSPS) is 10.6. The second-order valence-electron chi connectivity index (χ2n) is 5.75. The van der Waals surface area contributed by atoms with Crippen molar-refractivity contribution in [2.45, 2.75) is 13.8 Å². The SMILES string of the molecule is CCN(CC)C(=O)COc1cc(-c2ccccc2)c2ccccc2n1. The second-order valence-corrected chi connectivity index (χ2v) is 5.75. The molecule has 1 amide bonds. The molecule has 0 saturated heterocycles. The van der Waals surface area contributed by atoms with E-state index in [0.29, 0.717) is 19.0 Å². The number of hydrogen-bond donors (Lipinski definition) is 0. The van der Waals surface area contributed by atoms with Crippen LogP contribution in [0, 0.1) is 0 Å². The summed E-state index contributed by atoms with van der Waals surface area (Å²) in [6.07, 6.45) is 0. The van der Waals surface area contributed by atoms with Gasteiger partial charge in [-0.2, -0.15) is 0 Å². The van der Waals surface area contributed by atoms with Gasteiger partial charge in [-0.25, -0.2) is 4.98 Å². The van der Waals surface area contributed by atoms with Gasteiger partial charge in [0.1, 0.15) is 0 Å². The van der Waals surface area contributed by atoms with Crippen LogP contribution in [0.25, 0.3) is 22.0 Å². The number of likely N-dealkylation sites (N-methyl/N-ethyl adjacent to an activating group) is 1. The lowest BCUT2D eigenvalue weighted by Crippen LogP contribution is -2.34. The molecule has 0 atom stereocenters. The molecule has 0 unspecified atom stereocenters. The topological polar surface area (TPSA) is 42.4 Å². The standard InChI is InChI=1S/C21H22N2O2/c1-3-23(4-2)21(24)15-25-20-14-18(16-10-6-5-7-11-16)17-12-8-9-13-19(17)22-20/h5-14H,3-4,15H2,1-2H3. The van der Waals surface area contributed by atoms with Gasteiger partial charge in [-0.3, -0.25) is 4.79 Å². The van der Waals surface area contributed by atoms with E-state index in [-0.39, 0.29) is 12.5 Å². The fraction of sp³-hybridized carbons (Fsp3) is 0.238. The van der Waals surface area contributed by atoms with Crippen LogP contribution in [-0.2, 0) is 4.79 Å². The van der Waals surface area contributed by atoms with Crippen molar-refractivity contribution in [3.8, 4) is 17.0 Å². The summed E-state index contributed by atoms with van der Waals surface area (Å²) in [6.45, 7) is 5.28. The van der Waals surface area contributed by atoms with Crippen LogP contribution in [0.3, 0.4) is 0 Å². The maximum Gasteiger partial charge on any atom is 0.260 e. The zero-order valence-electron chi connectivity index (χ0n) is 14.6. The lowest BCUT2D eigenvalue weighted by molar-refractivity contribution is -0.133. The van der Waals surface area contributed by atoms with E-state index in [0.717, 1.165) is 22.0 Å². The molecule has 2 aromatic carbocycles. The smallest absolute Gasteiger partial charge is 0.260 e. The summed E-state index contributed by atoms with van der Waals surface area (Å²) in [6, 6.07) is 20.0. The van der Waals surface area contributed by atoms with E-state index in [1.54, 1.807) is 4.90 Å². The molecule has 0 spiro atoms. The van der Waals surface area contributed by atoms with Crippen LogP contribution in [0.15, 0.2) is 60.7 Å². The van der Waals surface area contributed by atoms with E-state index in [2.05, 4.69) is 23.2 Å². The van der Waals surface area contributed by atoms with Crippen molar-refractivity contribution >= 4 is 16.8 Å². The van der Waals surface area contributed by atoms with Crippen LogP contribution in [-0.4, -0.2) is 35.5 Å². The van der Waals surface area contributed by atoms with Gasteiger partial charge >= 0.3 is 0 Å². The molecule has 25 heavy (non-hydrogen) atoms. The van der Waals surface area contributed by atoms with E-state index < -0.39 is 0 Å². The van der Waals surface area contributed by atoms with Gasteiger partial charge < -0.3 is 9.64 Å². The van der Waals surface area contributed by atoms with Gasteiger partial charge in [-0.1, -0.05) is 48.5 Å². The average molecular weight is 334 g/mol. The van der Waals surface area contributed by atoms with E-state index in [9.17, 15) is 4.79 Å². The number of nitrogens with zero attached hydrogens (tertiary/aromatic N) is 2. The first-order chi connectivity index (χ1) is 12.2. The molecule has 128 valence electrons. The van der Waals surface area contributed by atoms with Crippen LogP contribution in [0.4, 0.5) is 0 Å². The number of carbonyl (C=O) groups is 1. The van der Waals surface area contributed by atoms with Crippen LogP contribution >= 0.6 is 0 Å². The van der Waals surface area contributed by atoms with Gasteiger partial charge in [0.05, 0.1) is 5.52 Å². The molecule has 3 aromatic rings. The fourth-order valence-electron chi connectivity index (χ4n) is 2.88. The first kappa shape index (κ1) is 17.0. The molecule has 0 N–H and O–H groups in total. The van der Waals surface area contributed by atoms with Crippen molar-refractivity contribution in [1.29, 1.82) is 0 Å². The number of rotatable bonds is 6. The van der Waals surface area contributed by atoms with Gasteiger partial charge in [0, 0.05) is 24.5 Å². The summed E-state index contributed by atoms with van der Waals surface area (Å²) < 4.78 is 5.72. The molecule has 0 aliphatic rings. The third-order valence-corrected chi connectivity index (χ3v) is 4.24. The minimum Gasteiger partial charge on any atom is -0.468 e. The minimum atomic E-state index is -0.0266. The Morgan fingerprint density at radius 2 is 1.68 bits per heavy atom. The van der Waals surface area contributed by atoms with Crippen LogP contribution in [0.2, 0.25) is 0 Å². The highest BCUT2D eigenvalue weighted by atomic mass is 16.5. The lowest BCUT2D eigenvalue weighted by atomic mass is 10.0. The Hall–Kier alpha value is -2.88. The Kier molecular flexibility index (Phi) is 5.29. The second kappa shape index (κ2) is 7.79. The molecule has 0 saturated carbocycles. The Balaban J connectivity index is 1.93. The van der Waals surface area contributed by atoms with Crippen LogP contribution < -0.4 is 4.74 Å². The molecule has 4 nitrogen and oxygen atoms in total. The van der Waals surface area contributed by atoms with Crippen molar-refractivity contribution in [2.24, 2.45) is 0 Å². The Bertz CT molecular complexity index is 858. The molecule has 0 radical (unpaired) electrons. The van der Waals surface area contributed by atoms with E-state index in [1.807, 2.05) is 56.3 Å². The van der Waals surface area contributed by atoms with Gasteiger partial charge in [-0.05, 0) is 31.0 Å². The van der Waals surface area contributed by atoms with E-state index in [1.165, 1.54) is 0 Å². The highest BCUT2D eigenvalue weighted by Gasteiger charge is 2.13. The van der Waals surface area contributed by atoms with Crippen molar-refractivity contribution in [1.82, 2.24) is 9.88 Å². The van der Waals surface area contributed by atoms with E-state index in [4.69, 9.17) is 4.74 Å². The Morgan fingerprint density at radius 3 is 2.40 bits per heavy atom. The number of benzene rings is 2. The number of carbonyl (C=O) groups excluding carboxylic acids is 1. The van der Waals surface area contributed by atoms with Crippen LogP contribution in [0.1, 0.15) is 13.8 Å². The largest absolute Gasteiger partial charge is 0.468 e. The summed E-state index contributed by atoms with van der Waals surface area (Å²) in [5, 5.41) is 1.07. The summed E-state index contributed by atoms with van der Waals surface area (Å²) in [5.41, 5.74) is 3.01. The molecule has 0 bridgehead atoms. The van der Waals surface area contributed by atoms with Crippen molar-refractivity contribution < 1.29 is 9.53 Å². The molecule has 4 heteroatoms. The molecule has 0 aliphatic heterocycles. The fourth-order valence-corrected chi connectivity index (χ4v) is 2.88.